The van der Waals surface area contributed by atoms with E-state index >= 15 is 0 Å². The second-order valence-corrected chi connectivity index (χ2v) is 4.33. The Morgan fingerprint density at radius 1 is 1.50 bits per heavy atom. The number of piperazine rings is 1. The summed E-state index contributed by atoms with van der Waals surface area (Å²) in [5, 5.41) is 11.4. The van der Waals surface area contributed by atoms with Gasteiger partial charge in [0.15, 0.2) is 0 Å². The molecule has 2 heterocycles. The topological polar surface area (TPSA) is 72.9 Å². The fourth-order valence-electron chi connectivity index (χ4n) is 2.33. The van der Waals surface area contributed by atoms with Crippen LogP contribution in [0.25, 0.3) is 0 Å². The minimum atomic E-state index is -0.739. The molecule has 2 amide bonds. The Kier molecular flexibility index (Phi) is 3.28. The first kappa shape index (κ1) is 11.2. The van der Waals surface area contributed by atoms with Gasteiger partial charge in [0.25, 0.3) is 0 Å². The lowest BCUT2D eigenvalue weighted by Gasteiger charge is -2.36. The maximum Gasteiger partial charge on any atom is 0.317 e. The van der Waals surface area contributed by atoms with Gasteiger partial charge in [-0.2, -0.15) is 0 Å². The zero-order chi connectivity index (χ0) is 11.5. The predicted octanol–water partition coefficient (Wildman–Crippen LogP) is -0.439. The SMILES string of the molecule is O=C(O)CCCN1CCN2C(=O)NCC2C1. The van der Waals surface area contributed by atoms with Crippen molar-refractivity contribution in [3.63, 3.8) is 0 Å². The molecule has 2 aliphatic heterocycles. The third-order valence-corrected chi connectivity index (χ3v) is 3.18. The van der Waals surface area contributed by atoms with Crippen LogP contribution < -0.4 is 5.32 Å². The average Bonchev–Trinajstić information content (AvgIpc) is 2.60. The van der Waals surface area contributed by atoms with E-state index in [0.29, 0.717) is 13.0 Å². The lowest BCUT2D eigenvalue weighted by Crippen LogP contribution is -2.52. The van der Waals surface area contributed by atoms with E-state index in [4.69, 9.17) is 5.11 Å². The fourth-order valence-corrected chi connectivity index (χ4v) is 2.33. The first-order valence-electron chi connectivity index (χ1n) is 5.65. The second kappa shape index (κ2) is 4.69. The van der Waals surface area contributed by atoms with Crippen molar-refractivity contribution in [3.05, 3.63) is 0 Å². The van der Waals surface area contributed by atoms with Gasteiger partial charge in [0, 0.05) is 32.6 Å². The molecule has 0 aromatic heterocycles. The van der Waals surface area contributed by atoms with Crippen molar-refractivity contribution < 1.29 is 14.7 Å². The molecule has 0 aromatic carbocycles. The largest absolute Gasteiger partial charge is 0.481 e. The first-order valence-corrected chi connectivity index (χ1v) is 5.65. The van der Waals surface area contributed by atoms with E-state index < -0.39 is 5.97 Å². The molecule has 2 saturated heterocycles. The minimum Gasteiger partial charge on any atom is -0.481 e. The average molecular weight is 227 g/mol. The Labute approximate surface area is 94.2 Å². The van der Waals surface area contributed by atoms with E-state index in [1.165, 1.54) is 0 Å². The molecule has 0 aromatic rings. The number of fused-ring (bicyclic) bond motifs is 1. The Hall–Kier alpha value is -1.30. The summed E-state index contributed by atoms with van der Waals surface area (Å²) in [4.78, 5) is 25.8. The normalized spacial score (nSPS) is 25.4. The lowest BCUT2D eigenvalue weighted by molar-refractivity contribution is -0.137. The minimum absolute atomic E-state index is 0.0372. The van der Waals surface area contributed by atoms with Crippen LogP contribution in [0.3, 0.4) is 0 Å². The van der Waals surface area contributed by atoms with Crippen LogP contribution in [0.15, 0.2) is 0 Å². The van der Waals surface area contributed by atoms with Crippen LogP contribution in [0.1, 0.15) is 12.8 Å². The van der Waals surface area contributed by atoms with Gasteiger partial charge in [-0.15, -0.1) is 0 Å². The highest BCUT2D eigenvalue weighted by molar-refractivity contribution is 5.77. The predicted molar refractivity (Wildman–Crippen MR) is 57.2 cm³/mol. The summed E-state index contributed by atoms with van der Waals surface area (Å²) in [6, 6.07) is 0.307. The quantitative estimate of drug-likeness (QED) is 0.683. The number of hydrogen-bond donors (Lipinski definition) is 2. The number of nitrogens with one attached hydrogen (secondary N) is 1. The highest BCUT2D eigenvalue weighted by Crippen LogP contribution is 2.14. The molecule has 2 fully saturated rings. The van der Waals surface area contributed by atoms with Crippen LogP contribution in [-0.2, 0) is 4.79 Å². The number of amides is 2. The molecule has 0 bridgehead atoms. The molecule has 0 saturated carbocycles. The molecule has 6 heteroatoms. The van der Waals surface area contributed by atoms with Gasteiger partial charge in [0.2, 0.25) is 0 Å². The van der Waals surface area contributed by atoms with Crippen LogP contribution in [0, 0.1) is 0 Å². The second-order valence-electron chi connectivity index (χ2n) is 4.33. The van der Waals surface area contributed by atoms with Crippen LogP contribution in [0.4, 0.5) is 4.79 Å². The molecule has 6 nitrogen and oxygen atoms in total. The maximum absolute atomic E-state index is 11.3. The van der Waals surface area contributed by atoms with Crippen LogP contribution in [-0.4, -0.2) is 65.7 Å². The number of rotatable bonds is 4. The molecule has 0 radical (unpaired) electrons. The van der Waals surface area contributed by atoms with E-state index in [1.807, 2.05) is 4.90 Å². The van der Waals surface area contributed by atoms with Crippen molar-refractivity contribution >= 4 is 12.0 Å². The summed E-state index contributed by atoms with van der Waals surface area (Å²) >= 11 is 0. The Morgan fingerprint density at radius 2 is 2.31 bits per heavy atom. The van der Waals surface area contributed by atoms with Gasteiger partial charge in [0.1, 0.15) is 0 Å². The van der Waals surface area contributed by atoms with Gasteiger partial charge in [0.05, 0.1) is 6.04 Å². The van der Waals surface area contributed by atoms with Crippen molar-refractivity contribution in [2.45, 2.75) is 18.9 Å². The van der Waals surface area contributed by atoms with Crippen LogP contribution in [0.2, 0.25) is 0 Å². The van der Waals surface area contributed by atoms with Crippen LogP contribution >= 0.6 is 0 Å². The van der Waals surface area contributed by atoms with Gasteiger partial charge in [-0.25, -0.2) is 4.79 Å². The Balaban J connectivity index is 1.74. The summed E-state index contributed by atoms with van der Waals surface area (Å²) in [5.74, 6) is -0.739. The summed E-state index contributed by atoms with van der Waals surface area (Å²) in [5.41, 5.74) is 0. The van der Waals surface area contributed by atoms with E-state index in [2.05, 4.69) is 10.2 Å². The highest BCUT2D eigenvalue weighted by Gasteiger charge is 2.34. The first-order chi connectivity index (χ1) is 7.66. The van der Waals surface area contributed by atoms with Crippen molar-refractivity contribution in [3.8, 4) is 0 Å². The number of urea groups is 1. The number of carbonyl (C=O) groups is 2. The monoisotopic (exact) mass is 227 g/mol. The van der Waals surface area contributed by atoms with Gasteiger partial charge in [-0.3, -0.25) is 9.69 Å². The number of nitrogens with zero attached hydrogens (tertiary/aromatic N) is 2. The molecule has 2 aliphatic rings. The third kappa shape index (κ3) is 2.44. The molecule has 1 unspecified atom stereocenters. The van der Waals surface area contributed by atoms with Gasteiger partial charge in [-0.05, 0) is 13.0 Å². The molecular formula is C10H17N3O3. The van der Waals surface area contributed by atoms with E-state index in [-0.39, 0.29) is 18.5 Å². The van der Waals surface area contributed by atoms with E-state index in [1.54, 1.807) is 0 Å². The van der Waals surface area contributed by atoms with Crippen molar-refractivity contribution in [2.75, 3.05) is 32.7 Å². The summed E-state index contributed by atoms with van der Waals surface area (Å²) in [6.07, 6.45) is 0.908. The molecule has 2 N–H and O–H groups in total. The maximum atomic E-state index is 11.3. The van der Waals surface area contributed by atoms with Crippen molar-refractivity contribution in [2.24, 2.45) is 0 Å². The third-order valence-electron chi connectivity index (χ3n) is 3.18. The molecule has 90 valence electrons. The number of carbonyl (C=O) groups excluding carboxylic acids is 1. The Morgan fingerprint density at radius 3 is 3.06 bits per heavy atom. The summed E-state index contributed by atoms with van der Waals surface area (Å²) in [6.45, 7) is 3.99. The Bertz CT molecular complexity index is 295. The summed E-state index contributed by atoms with van der Waals surface area (Å²) in [7, 11) is 0. The lowest BCUT2D eigenvalue weighted by atomic mass is 10.2. The summed E-state index contributed by atoms with van der Waals surface area (Å²) < 4.78 is 0. The molecule has 0 spiro atoms. The van der Waals surface area contributed by atoms with Gasteiger partial charge in [-0.1, -0.05) is 0 Å². The van der Waals surface area contributed by atoms with Crippen molar-refractivity contribution in [1.29, 1.82) is 0 Å². The van der Waals surface area contributed by atoms with E-state index in [9.17, 15) is 9.59 Å². The van der Waals surface area contributed by atoms with Crippen molar-refractivity contribution in [1.82, 2.24) is 15.1 Å². The number of hydrogen-bond acceptors (Lipinski definition) is 3. The number of carboxylic acid groups (broad SMARTS) is 1. The van der Waals surface area contributed by atoms with Gasteiger partial charge < -0.3 is 15.3 Å². The number of aliphatic carboxylic acids is 1. The van der Waals surface area contributed by atoms with Crippen LogP contribution in [0.5, 0.6) is 0 Å². The van der Waals surface area contributed by atoms with Gasteiger partial charge >= 0.3 is 12.0 Å². The molecule has 16 heavy (non-hydrogen) atoms. The fraction of sp³-hybridized carbons (Fsp3) is 0.800. The zero-order valence-corrected chi connectivity index (χ0v) is 9.19. The molecule has 2 rings (SSSR count). The smallest absolute Gasteiger partial charge is 0.317 e. The highest BCUT2D eigenvalue weighted by atomic mass is 16.4. The zero-order valence-electron chi connectivity index (χ0n) is 9.19. The standard InChI is InChI=1S/C10H17N3O3/c14-9(15)2-1-3-12-4-5-13-8(7-12)6-11-10(13)16/h8H,1-7H2,(H,11,16)(H,14,15). The molecular weight excluding hydrogens is 210 g/mol. The molecule has 1 atom stereocenters. The van der Waals surface area contributed by atoms with E-state index in [0.717, 1.165) is 26.2 Å². The number of carboxylic acids is 1. The molecule has 0 aliphatic carbocycles.